The number of hydrogen-bond acceptors (Lipinski definition) is 2. The van der Waals surface area contributed by atoms with Gasteiger partial charge < -0.3 is 4.90 Å². The van der Waals surface area contributed by atoms with Crippen LogP contribution in [0.25, 0.3) is 74.4 Å². The van der Waals surface area contributed by atoms with E-state index in [9.17, 15) is 0 Å². The molecule has 1 aromatic heterocycles. The minimum absolute atomic E-state index is 1.13. The molecule has 0 saturated heterocycles. The van der Waals surface area contributed by atoms with Crippen LogP contribution in [0, 0.1) is 0 Å². The van der Waals surface area contributed by atoms with Crippen LogP contribution >= 0.6 is 11.3 Å². The Balaban J connectivity index is 1.15. The van der Waals surface area contributed by atoms with Crippen molar-refractivity contribution >= 4 is 91.7 Å². The predicted molar refractivity (Wildman–Crippen MR) is 209 cm³/mol. The summed E-state index contributed by atoms with van der Waals surface area (Å²) in [6.45, 7) is 0. The summed E-state index contributed by atoms with van der Waals surface area (Å²) in [5, 5.41) is 12.9. The van der Waals surface area contributed by atoms with Crippen molar-refractivity contribution in [3.05, 3.63) is 176 Å². The summed E-state index contributed by atoms with van der Waals surface area (Å²) in [7, 11) is 0. The lowest BCUT2D eigenvalue weighted by molar-refractivity contribution is 1.30. The molecule has 0 amide bonds. The van der Waals surface area contributed by atoms with E-state index in [1.54, 1.807) is 0 Å². The fourth-order valence-corrected chi connectivity index (χ4v) is 8.75. The molecule has 0 aliphatic heterocycles. The van der Waals surface area contributed by atoms with Crippen molar-refractivity contribution in [1.82, 2.24) is 0 Å². The highest BCUT2D eigenvalue weighted by molar-refractivity contribution is 7.26. The standard InChI is InChI=1S/C46H29NS/c1-2-13-35(14-3-1)47(42-18-9-19-43-46(42)41-28-33-11-4-5-12-34(33)29-44(41)48-43)36-25-22-31(23-26-36)37-16-8-17-40-39(37)27-24-32-21-20-30-10-6-7-15-38(30)45(32)40/h1-29H. The van der Waals surface area contributed by atoms with Crippen LogP contribution in [0.15, 0.2) is 176 Å². The molecule has 0 aliphatic rings. The van der Waals surface area contributed by atoms with Crippen molar-refractivity contribution in [2.75, 3.05) is 4.90 Å². The van der Waals surface area contributed by atoms with E-state index in [-0.39, 0.29) is 0 Å². The fraction of sp³-hybridized carbons (Fsp3) is 0. The summed E-state index contributed by atoms with van der Waals surface area (Å²) >= 11 is 1.87. The van der Waals surface area contributed by atoms with Crippen molar-refractivity contribution in [3.8, 4) is 11.1 Å². The average molecular weight is 628 g/mol. The van der Waals surface area contributed by atoms with Crippen LogP contribution in [0.2, 0.25) is 0 Å². The second kappa shape index (κ2) is 10.8. The summed E-state index contributed by atoms with van der Waals surface area (Å²) in [5.41, 5.74) is 5.92. The molecule has 10 rings (SSSR count). The maximum Gasteiger partial charge on any atom is 0.0554 e. The van der Waals surface area contributed by atoms with E-state index in [0.29, 0.717) is 0 Å². The van der Waals surface area contributed by atoms with Crippen LogP contribution in [-0.2, 0) is 0 Å². The fourth-order valence-electron chi connectivity index (χ4n) is 7.59. The number of para-hydroxylation sites is 1. The molecule has 0 radical (unpaired) electrons. The third-order valence-corrected chi connectivity index (χ3v) is 10.9. The molecule has 224 valence electrons. The van der Waals surface area contributed by atoms with Gasteiger partial charge in [0.15, 0.2) is 0 Å². The molecule has 2 heteroatoms. The maximum atomic E-state index is 2.41. The number of anilines is 3. The van der Waals surface area contributed by atoms with Gasteiger partial charge in [-0.2, -0.15) is 0 Å². The zero-order chi connectivity index (χ0) is 31.6. The Kier molecular flexibility index (Phi) is 6.12. The van der Waals surface area contributed by atoms with Gasteiger partial charge in [0.25, 0.3) is 0 Å². The third kappa shape index (κ3) is 4.24. The van der Waals surface area contributed by atoms with Crippen molar-refractivity contribution in [2.24, 2.45) is 0 Å². The first-order valence-electron chi connectivity index (χ1n) is 16.4. The molecule has 9 aromatic carbocycles. The Morgan fingerprint density at radius 2 is 1.02 bits per heavy atom. The molecule has 1 nitrogen and oxygen atoms in total. The Morgan fingerprint density at radius 3 is 1.88 bits per heavy atom. The maximum absolute atomic E-state index is 2.41. The number of benzene rings is 9. The second-order valence-electron chi connectivity index (χ2n) is 12.5. The van der Waals surface area contributed by atoms with Crippen LogP contribution in [0.1, 0.15) is 0 Å². The lowest BCUT2D eigenvalue weighted by Gasteiger charge is -2.26. The monoisotopic (exact) mass is 627 g/mol. The Bertz CT molecular complexity index is 2830. The van der Waals surface area contributed by atoms with Crippen LogP contribution in [0.3, 0.4) is 0 Å². The van der Waals surface area contributed by atoms with Gasteiger partial charge in [0.1, 0.15) is 0 Å². The van der Waals surface area contributed by atoms with Gasteiger partial charge >= 0.3 is 0 Å². The number of hydrogen-bond donors (Lipinski definition) is 0. The predicted octanol–water partition coefficient (Wildman–Crippen LogP) is 13.8. The number of thiophene rings is 1. The molecule has 0 fully saturated rings. The lowest BCUT2D eigenvalue weighted by atomic mass is 9.92. The Labute approximate surface area is 282 Å². The van der Waals surface area contributed by atoms with Gasteiger partial charge in [-0.05, 0) is 103 Å². The molecular weight excluding hydrogens is 599 g/mol. The Morgan fingerprint density at radius 1 is 0.354 bits per heavy atom. The van der Waals surface area contributed by atoms with Crippen molar-refractivity contribution in [2.45, 2.75) is 0 Å². The summed E-state index contributed by atoms with van der Waals surface area (Å²) in [6.07, 6.45) is 0. The topological polar surface area (TPSA) is 3.24 Å². The SMILES string of the molecule is c1ccc(N(c2ccc(-c3cccc4c3ccc3ccc5ccccc5c34)cc2)c2cccc3sc4cc5ccccc5cc4c23)cc1. The average Bonchev–Trinajstić information content (AvgIpc) is 3.52. The first-order valence-corrected chi connectivity index (χ1v) is 17.2. The van der Waals surface area contributed by atoms with Crippen LogP contribution in [0.5, 0.6) is 0 Å². The summed E-state index contributed by atoms with van der Waals surface area (Å²) in [4.78, 5) is 2.41. The highest BCUT2D eigenvalue weighted by Gasteiger charge is 2.19. The van der Waals surface area contributed by atoms with E-state index < -0.39 is 0 Å². The molecule has 0 aliphatic carbocycles. The van der Waals surface area contributed by atoms with Gasteiger partial charge in [0, 0.05) is 31.5 Å². The van der Waals surface area contributed by atoms with Gasteiger partial charge in [0.05, 0.1) is 5.69 Å². The zero-order valence-corrected chi connectivity index (χ0v) is 26.9. The molecular formula is C46H29NS. The number of rotatable bonds is 4. The normalized spacial score (nSPS) is 11.8. The third-order valence-electron chi connectivity index (χ3n) is 9.80. The lowest BCUT2D eigenvalue weighted by Crippen LogP contribution is -2.10. The van der Waals surface area contributed by atoms with Crippen LogP contribution < -0.4 is 4.90 Å². The molecule has 1 heterocycles. The smallest absolute Gasteiger partial charge is 0.0554 e. The highest BCUT2D eigenvalue weighted by Crippen LogP contribution is 2.46. The number of fused-ring (bicyclic) bond motifs is 9. The van der Waals surface area contributed by atoms with Crippen LogP contribution in [-0.4, -0.2) is 0 Å². The first kappa shape index (κ1) is 27.2. The number of nitrogens with zero attached hydrogens (tertiary/aromatic N) is 1. The van der Waals surface area contributed by atoms with Crippen molar-refractivity contribution < 1.29 is 0 Å². The largest absolute Gasteiger partial charge is 0.310 e. The zero-order valence-electron chi connectivity index (χ0n) is 26.1. The van der Waals surface area contributed by atoms with Gasteiger partial charge in [-0.1, -0.05) is 127 Å². The highest BCUT2D eigenvalue weighted by atomic mass is 32.1. The van der Waals surface area contributed by atoms with E-state index in [1.807, 2.05) is 11.3 Å². The summed E-state index contributed by atoms with van der Waals surface area (Å²) in [5.74, 6) is 0. The summed E-state index contributed by atoms with van der Waals surface area (Å²) in [6, 6.07) is 64.5. The summed E-state index contributed by atoms with van der Waals surface area (Å²) < 4.78 is 2.61. The minimum atomic E-state index is 1.13. The van der Waals surface area contributed by atoms with Gasteiger partial charge in [-0.15, -0.1) is 11.3 Å². The van der Waals surface area contributed by atoms with E-state index in [1.165, 1.54) is 80.1 Å². The minimum Gasteiger partial charge on any atom is -0.310 e. The molecule has 10 aromatic rings. The molecule has 0 N–H and O–H groups in total. The first-order chi connectivity index (χ1) is 23.8. The van der Waals surface area contributed by atoms with E-state index in [0.717, 1.165) is 11.4 Å². The molecule has 0 unspecified atom stereocenters. The molecule has 48 heavy (non-hydrogen) atoms. The quantitative estimate of drug-likeness (QED) is 0.176. The van der Waals surface area contributed by atoms with E-state index in [2.05, 4.69) is 181 Å². The second-order valence-corrected chi connectivity index (χ2v) is 13.6. The van der Waals surface area contributed by atoms with Crippen molar-refractivity contribution in [3.63, 3.8) is 0 Å². The van der Waals surface area contributed by atoms with Gasteiger partial charge in [-0.3, -0.25) is 0 Å². The van der Waals surface area contributed by atoms with Crippen molar-refractivity contribution in [1.29, 1.82) is 0 Å². The van der Waals surface area contributed by atoms with Gasteiger partial charge in [0.2, 0.25) is 0 Å². The molecule has 0 saturated carbocycles. The Hall–Kier alpha value is -5.96. The molecule has 0 atom stereocenters. The van der Waals surface area contributed by atoms with Gasteiger partial charge in [-0.25, -0.2) is 0 Å². The van der Waals surface area contributed by atoms with Crippen LogP contribution in [0.4, 0.5) is 17.1 Å². The van der Waals surface area contributed by atoms with E-state index in [4.69, 9.17) is 0 Å². The molecule has 0 spiro atoms. The molecule has 0 bridgehead atoms. The van der Waals surface area contributed by atoms with E-state index >= 15 is 0 Å².